The number of carbonyl (C=O) groups excluding carboxylic acids is 1. The Morgan fingerprint density at radius 1 is 1.25 bits per heavy atom. The van der Waals surface area contributed by atoms with E-state index in [1.165, 1.54) is 19.1 Å². The summed E-state index contributed by atoms with van der Waals surface area (Å²) in [4.78, 5) is 12.0. The Labute approximate surface area is 128 Å². The number of carbonyl (C=O) groups is 1. The van der Waals surface area contributed by atoms with Crippen LogP contribution in [0.3, 0.4) is 0 Å². The fraction of sp³-hybridized carbons (Fsp3) is 0.462. The van der Waals surface area contributed by atoms with E-state index in [-0.39, 0.29) is 16.8 Å². The normalized spacial score (nSPS) is 14.6. The third-order valence-electron chi connectivity index (χ3n) is 2.85. The van der Waals surface area contributed by atoms with Crippen molar-refractivity contribution in [2.75, 3.05) is 0 Å². The van der Waals surface area contributed by atoms with Gasteiger partial charge in [0, 0.05) is 10.5 Å². The first kappa shape index (κ1) is 17.1. The van der Waals surface area contributed by atoms with E-state index in [1.54, 1.807) is 12.1 Å². The van der Waals surface area contributed by atoms with Gasteiger partial charge in [-0.3, -0.25) is 4.79 Å². The van der Waals surface area contributed by atoms with Crippen LogP contribution in [0.1, 0.15) is 27.2 Å². The second kappa shape index (κ2) is 7.19. The molecule has 0 aliphatic rings. The third-order valence-corrected chi connectivity index (χ3v) is 4.94. The van der Waals surface area contributed by atoms with E-state index in [2.05, 4.69) is 26.0 Å². The lowest BCUT2D eigenvalue weighted by atomic mass is 10.2. The van der Waals surface area contributed by atoms with Crippen molar-refractivity contribution in [3.63, 3.8) is 0 Å². The van der Waals surface area contributed by atoms with Gasteiger partial charge in [0.05, 0.1) is 10.9 Å². The van der Waals surface area contributed by atoms with Gasteiger partial charge < -0.3 is 5.32 Å². The van der Waals surface area contributed by atoms with Crippen molar-refractivity contribution in [1.29, 1.82) is 0 Å². The molecule has 5 nitrogen and oxygen atoms in total. The number of hydrogen-bond donors (Lipinski definition) is 2. The van der Waals surface area contributed by atoms with E-state index in [1.807, 2.05) is 13.8 Å². The first-order valence-corrected chi connectivity index (χ1v) is 8.62. The molecule has 0 heterocycles. The van der Waals surface area contributed by atoms with Crippen molar-refractivity contribution in [1.82, 2.24) is 10.0 Å². The maximum absolute atomic E-state index is 12.1. The number of sulfonamides is 1. The molecule has 0 bridgehead atoms. The summed E-state index contributed by atoms with van der Waals surface area (Å²) in [6.45, 7) is 5.34. The SMILES string of the molecule is CC[C@@H](C)NC(=O)[C@@H](C)NS(=O)(=O)c1ccc(Br)cc1. The highest BCUT2D eigenvalue weighted by Gasteiger charge is 2.22. The molecule has 0 aliphatic heterocycles. The summed E-state index contributed by atoms with van der Waals surface area (Å²) in [6.07, 6.45) is 0.790. The summed E-state index contributed by atoms with van der Waals surface area (Å²) >= 11 is 3.24. The van der Waals surface area contributed by atoms with E-state index in [4.69, 9.17) is 0 Å². The Morgan fingerprint density at radius 3 is 2.30 bits per heavy atom. The molecule has 0 radical (unpaired) electrons. The molecular formula is C13H19BrN2O3S. The van der Waals surface area contributed by atoms with Crippen molar-refractivity contribution in [3.05, 3.63) is 28.7 Å². The summed E-state index contributed by atoms with van der Waals surface area (Å²) in [5.74, 6) is -0.333. The number of amides is 1. The molecule has 7 heteroatoms. The molecule has 0 saturated carbocycles. The molecular weight excluding hydrogens is 344 g/mol. The molecule has 2 N–H and O–H groups in total. The van der Waals surface area contributed by atoms with E-state index in [0.29, 0.717) is 0 Å². The van der Waals surface area contributed by atoms with E-state index >= 15 is 0 Å². The van der Waals surface area contributed by atoms with Crippen molar-refractivity contribution in [2.45, 2.75) is 44.2 Å². The second-order valence-electron chi connectivity index (χ2n) is 4.61. The molecule has 0 fully saturated rings. The second-order valence-corrected chi connectivity index (χ2v) is 7.24. The Kier molecular flexibility index (Phi) is 6.16. The van der Waals surface area contributed by atoms with Crippen molar-refractivity contribution in [3.8, 4) is 0 Å². The number of benzene rings is 1. The number of halogens is 1. The standard InChI is InChI=1S/C13H19BrN2O3S/c1-4-9(2)15-13(17)10(3)16-20(18,19)12-7-5-11(14)6-8-12/h5-10,16H,4H2,1-3H3,(H,15,17)/t9-,10-/m1/s1. The molecule has 1 rings (SSSR count). The topological polar surface area (TPSA) is 75.3 Å². The van der Waals surface area contributed by atoms with Gasteiger partial charge >= 0.3 is 0 Å². The number of rotatable bonds is 6. The zero-order valence-corrected chi connectivity index (χ0v) is 14.1. The molecule has 0 unspecified atom stereocenters. The van der Waals surface area contributed by atoms with Crippen LogP contribution in [0.5, 0.6) is 0 Å². The van der Waals surface area contributed by atoms with Crippen LogP contribution in [0.15, 0.2) is 33.6 Å². The van der Waals surface area contributed by atoms with Gasteiger partial charge in [0.1, 0.15) is 0 Å². The van der Waals surface area contributed by atoms with Crippen LogP contribution >= 0.6 is 15.9 Å². The summed E-state index contributed by atoms with van der Waals surface area (Å²) in [7, 11) is -3.70. The molecule has 0 saturated heterocycles. The number of nitrogens with one attached hydrogen (secondary N) is 2. The summed E-state index contributed by atoms with van der Waals surface area (Å²) in [5.41, 5.74) is 0. The van der Waals surface area contributed by atoms with Crippen LogP contribution < -0.4 is 10.0 Å². The van der Waals surface area contributed by atoms with Crippen LogP contribution in [0, 0.1) is 0 Å². The summed E-state index contributed by atoms with van der Waals surface area (Å²) < 4.78 is 27.4. The first-order chi connectivity index (χ1) is 9.26. The van der Waals surface area contributed by atoms with E-state index in [9.17, 15) is 13.2 Å². The third kappa shape index (κ3) is 4.88. The van der Waals surface area contributed by atoms with Crippen molar-refractivity contribution < 1.29 is 13.2 Å². The molecule has 2 atom stereocenters. The highest BCUT2D eigenvalue weighted by molar-refractivity contribution is 9.10. The predicted molar refractivity (Wildman–Crippen MR) is 81.8 cm³/mol. The lowest BCUT2D eigenvalue weighted by Crippen LogP contribution is -2.47. The fourth-order valence-electron chi connectivity index (χ4n) is 1.44. The van der Waals surface area contributed by atoms with Gasteiger partial charge in [-0.05, 0) is 44.5 Å². The minimum atomic E-state index is -3.70. The average molecular weight is 363 g/mol. The van der Waals surface area contributed by atoms with E-state index in [0.717, 1.165) is 10.9 Å². The molecule has 112 valence electrons. The molecule has 0 aliphatic carbocycles. The van der Waals surface area contributed by atoms with Crippen LogP contribution in [-0.4, -0.2) is 26.4 Å². The van der Waals surface area contributed by atoms with Gasteiger partial charge in [-0.25, -0.2) is 8.42 Å². The lowest BCUT2D eigenvalue weighted by Gasteiger charge is -2.17. The lowest BCUT2D eigenvalue weighted by molar-refractivity contribution is -0.122. The highest BCUT2D eigenvalue weighted by Crippen LogP contribution is 2.14. The Hall–Kier alpha value is -0.920. The summed E-state index contributed by atoms with van der Waals surface area (Å²) in [5, 5.41) is 2.74. The van der Waals surface area contributed by atoms with Gasteiger partial charge in [-0.2, -0.15) is 4.72 Å². The largest absolute Gasteiger partial charge is 0.352 e. The van der Waals surface area contributed by atoms with Crippen molar-refractivity contribution >= 4 is 31.9 Å². The average Bonchev–Trinajstić information content (AvgIpc) is 2.38. The van der Waals surface area contributed by atoms with Crippen molar-refractivity contribution in [2.24, 2.45) is 0 Å². The Morgan fingerprint density at radius 2 is 1.80 bits per heavy atom. The molecule has 1 aromatic carbocycles. The van der Waals surface area contributed by atoms with Crippen LogP contribution in [0.2, 0.25) is 0 Å². The minimum absolute atomic E-state index is 0.0159. The minimum Gasteiger partial charge on any atom is -0.352 e. The molecule has 0 spiro atoms. The zero-order chi connectivity index (χ0) is 15.3. The highest BCUT2D eigenvalue weighted by atomic mass is 79.9. The quantitative estimate of drug-likeness (QED) is 0.812. The van der Waals surface area contributed by atoms with Gasteiger partial charge in [-0.15, -0.1) is 0 Å². The maximum atomic E-state index is 12.1. The molecule has 20 heavy (non-hydrogen) atoms. The van der Waals surface area contributed by atoms with Gasteiger partial charge in [0.25, 0.3) is 0 Å². The monoisotopic (exact) mass is 362 g/mol. The zero-order valence-electron chi connectivity index (χ0n) is 11.7. The Balaban J connectivity index is 2.75. The molecule has 1 aromatic rings. The van der Waals surface area contributed by atoms with Gasteiger partial charge in [0.15, 0.2) is 0 Å². The smallest absolute Gasteiger partial charge is 0.241 e. The van der Waals surface area contributed by atoms with Gasteiger partial charge in [-0.1, -0.05) is 22.9 Å². The first-order valence-electron chi connectivity index (χ1n) is 6.34. The fourth-order valence-corrected chi connectivity index (χ4v) is 2.91. The van der Waals surface area contributed by atoms with Crippen LogP contribution in [-0.2, 0) is 14.8 Å². The number of hydrogen-bond acceptors (Lipinski definition) is 3. The molecule has 1 amide bonds. The van der Waals surface area contributed by atoms with Gasteiger partial charge in [0.2, 0.25) is 15.9 Å². The predicted octanol–water partition coefficient (Wildman–Crippen LogP) is 2.03. The summed E-state index contributed by atoms with van der Waals surface area (Å²) in [6, 6.07) is 5.42. The van der Waals surface area contributed by atoms with Crippen LogP contribution in [0.25, 0.3) is 0 Å². The molecule has 0 aromatic heterocycles. The Bertz CT molecular complexity index is 557. The van der Waals surface area contributed by atoms with E-state index < -0.39 is 16.1 Å². The maximum Gasteiger partial charge on any atom is 0.241 e. The van der Waals surface area contributed by atoms with Crippen LogP contribution in [0.4, 0.5) is 0 Å².